The zero-order valence-electron chi connectivity index (χ0n) is 19.5. The van der Waals surface area contributed by atoms with E-state index in [0.717, 1.165) is 6.42 Å². The van der Waals surface area contributed by atoms with Crippen LogP contribution in [0.5, 0.6) is 0 Å². The van der Waals surface area contributed by atoms with E-state index in [-0.39, 0.29) is 31.0 Å². The fourth-order valence-corrected chi connectivity index (χ4v) is 8.09. The molecular weight excluding hydrogens is 416 g/mol. The van der Waals surface area contributed by atoms with Crippen LogP contribution in [0.4, 0.5) is 0 Å². The summed E-state index contributed by atoms with van der Waals surface area (Å²) in [6, 6.07) is -1.26. The van der Waals surface area contributed by atoms with Crippen LogP contribution in [0.15, 0.2) is 12.7 Å². The lowest BCUT2D eigenvalue weighted by molar-refractivity contribution is -0.155. The topological polar surface area (TPSA) is 87.2 Å². The van der Waals surface area contributed by atoms with Crippen molar-refractivity contribution >= 4 is 29.5 Å². The number of rotatable bonds is 7. The molecule has 0 aromatic carbocycles. The van der Waals surface area contributed by atoms with Crippen LogP contribution in [0.2, 0.25) is 0 Å². The van der Waals surface area contributed by atoms with E-state index < -0.39 is 39.0 Å². The van der Waals surface area contributed by atoms with Crippen molar-refractivity contribution in [3.63, 3.8) is 0 Å². The van der Waals surface area contributed by atoms with Gasteiger partial charge in [-0.3, -0.25) is 14.4 Å². The molecule has 174 valence electrons. The summed E-state index contributed by atoms with van der Waals surface area (Å²) in [7, 11) is 0. The van der Waals surface area contributed by atoms with Gasteiger partial charge in [-0.2, -0.15) is 0 Å². The van der Waals surface area contributed by atoms with Gasteiger partial charge in [-0.15, -0.1) is 18.3 Å². The minimum atomic E-state index is -0.738. The van der Waals surface area contributed by atoms with Gasteiger partial charge in [0.15, 0.2) is 0 Å². The quantitative estimate of drug-likeness (QED) is 0.471. The third-order valence-corrected chi connectivity index (χ3v) is 9.10. The number of carbonyl (C=O) groups excluding carboxylic acids is 3. The molecule has 1 spiro atoms. The van der Waals surface area contributed by atoms with E-state index in [1.165, 1.54) is 0 Å². The number of aliphatic hydroxyl groups excluding tert-OH is 1. The SMILES string of the molecule is C=CCN(C(=O)C1N([C@H](C)CO)C(=O)[C@@H]2[C@@H](C(=O)OCC)[C@@]3(C)CCC12S3)C(C)(C)C. The number of nitrogens with zero attached hydrogens (tertiary/aromatic N) is 2. The molecule has 3 fully saturated rings. The minimum Gasteiger partial charge on any atom is -0.466 e. The molecule has 2 amide bonds. The molecule has 0 aliphatic carbocycles. The molecule has 3 aliphatic rings. The first-order valence-electron chi connectivity index (χ1n) is 11.1. The summed E-state index contributed by atoms with van der Waals surface area (Å²) in [4.78, 5) is 44.1. The Kier molecular flexibility index (Phi) is 6.30. The summed E-state index contributed by atoms with van der Waals surface area (Å²) in [6.07, 6.45) is 3.11. The van der Waals surface area contributed by atoms with E-state index in [4.69, 9.17) is 4.74 Å². The van der Waals surface area contributed by atoms with Crippen LogP contribution in [-0.4, -0.2) is 79.6 Å². The van der Waals surface area contributed by atoms with Crippen molar-refractivity contribution in [3.8, 4) is 0 Å². The van der Waals surface area contributed by atoms with Gasteiger partial charge in [0.25, 0.3) is 0 Å². The number of esters is 1. The summed E-state index contributed by atoms with van der Waals surface area (Å²) < 4.78 is 4.23. The number of fused-ring (bicyclic) bond motifs is 1. The standard InChI is InChI=1S/C23H36N2O5S/c1-8-12-24(21(4,5)6)19(28)17-23-11-10-22(7,31-23)16(20(29)30-9-2)15(23)18(27)25(17)14(3)13-26/h8,14-17,26H,1,9-13H2,2-7H3/t14-,15+,16+,17?,22-,23?/m1/s1. The van der Waals surface area contributed by atoms with Gasteiger partial charge in [-0.05, 0) is 54.4 Å². The maximum Gasteiger partial charge on any atom is 0.311 e. The number of thioether (sulfide) groups is 1. The highest BCUT2D eigenvalue weighted by molar-refractivity contribution is 8.02. The largest absolute Gasteiger partial charge is 0.466 e. The molecule has 3 aliphatic heterocycles. The van der Waals surface area contributed by atoms with Crippen LogP contribution in [0.3, 0.4) is 0 Å². The highest BCUT2D eigenvalue weighted by Crippen LogP contribution is 2.71. The van der Waals surface area contributed by atoms with Gasteiger partial charge in [0.1, 0.15) is 6.04 Å². The lowest BCUT2D eigenvalue weighted by Crippen LogP contribution is -2.60. The van der Waals surface area contributed by atoms with Gasteiger partial charge in [-0.1, -0.05) is 6.08 Å². The van der Waals surface area contributed by atoms with Crippen molar-refractivity contribution in [1.82, 2.24) is 9.80 Å². The van der Waals surface area contributed by atoms with Gasteiger partial charge in [-0.25, -0.2) is 0 Å². The molecule has 2 bridgehead atoms. The highest BCUT2D eigenvalue weighted by atomic mass is 32.2. The monoisotopic (exact) mass is 452 g/mol. The van der Waals surface area contributed by atoms with Crippen LogP contribution < -0.4 is 0 Å². The van der Waals surface area contributed by atoms with E-state index >= 15 is 0 Å². The molecule has 2 unspecified atom stereocenters. The molecule has 3 saturated heterocycles. The van der Waals surface area contributed by atoms with Gasteiger partial charge >= 0.3 is 5.97 Å². The van der Waals surface area contributed by atoms with Gasteiger partial charge < -0.3 is 19.6 Å². The van der Waals surface area contributed by atoms with Crippen LogP contribution in [-0.2, 0) is 19.1 Å². The predicted octanol–water partition coefficient (Wildman–Crippen LogP) is 2.22. The van der Waals surface area contributed by atoms with Gasteiger partial charge in [0, 0.05) is 16.8 Å². The van der Waals surface area contributed by atoms with Crippen LogP contribution in [0.1, 0.15) is 54.4 Å². The fraction of sp³-hybridized carbons (Fsp3) is 0.783. The Hall–Kier alpha value is -1.54. The summed E-state index contributed by atoms with van der Waals surface area (Å²) >= 11 is 1.61. The third kappa shape index (κ3) is 3.50. The summed E-state index contributed by atoms with van der Waals surface area (Å²) in [6.45, 7) is 15.6. The highest BCUT2D eigenvalue weighted by Gasteiger charge is 2.78. The maximum absolute atomic E-state index is 14.1. The number of carbonyl (C=O) groups is 3. The average molecular weight is 453 g/mol. The van der Waals surface area contributed by atoms with Crippen molar-refractivity contribution in [1.29, 1.82) is 0 Å². The lowest BCUT2D eigenvalue weighted by atomic mass is 9.66. The normalized spacial score (nSPS) is 35.1. The van der Waals surface area contributed by atoms with Gasteiger partial charge in [0.05, 0.1) is 35.8 Å². The van der Waals surface area contributed by atoms with Crippen molar-refractivity contribution in [2.75, 3.05) is 19.8 Å². The second kappa shape index (κ2) is 8.10. The summed E-state index contributed by atoms with van der Waals surface area (Å²) in [5.41, 5.74) is -0.469. The first-order chi connectivity index (χ1) is 14.4. The predicted molar refractivity (Wildman–Crippen MR) is 120 cm³/mol. The van der Waals surface area contributed by atoms with E-state index in [1.54, 1.807) is 41.5 Å². The van der Waals surface area contributed by atoms with Crippen molar-refractivity contribution in [2.45, 2.75) is 81.5 Å². The zero-order valence-corrected chi connectivity index (χ0v) is 20.3. The van der Waals surface area contributed by atoms with Crippen molar-refractivity contribution in [2.24, 2.45) is 11.8 Å². The molecule has 0 aromatic heterocycles. The number of hydrogen-bond donors (Lipinski definition) is 1. The van der Waals surface area contributed by atoms with E-state index in [9.17, 15) is 19.5 Å². The summed E-state index contributed by atoms with van der Waals surface area (Å²) in [5, 5.41) is 9.92. The lowest BCUT2D eigenvalue weighted by Gasteiger charge is -2.43. The van der Waals surface area contributed by atoms with Crippen LogP contribution >= 0.6 is 11.8 Å². The molecule has 0 radical (unpaired) electrons. The maximum atomic E-state index is 14.1. The molecule has 3 heterocycles. The Morgan fingerprint density at radius 3 is 2.58 bits per heavy atom. The molecule has 7 nitrogen and oxygen atoms in total. The molecule has 1 N–H and O–H groups in total. The van der Waals surface area contributed by atoms with Crippen molar-refractivity contribution in [3.05, 3.63) is 12.7 Å². The first-order valence-corrected chi connectivity index (χ1v) is 11.9. The van der Waals surface area contributed by atoms with E-state index in [0.29, 0.717) is 13.0 Å². The number of aliphatic hydroxyl groups is 1. The molecule has 8 heteroatoms. The second-order valence-electron chi connectivity index (χ2n) is 10.2. The Morgan fingerprint density at radius 1 is 1.42 bits per heavy atom. The molecule has 0 saturated carbocycles. The summed E-state index contributed by atoms with van der Waals surface area (Å²) in [5.74, 6) is -1.94. The number of likely N-dealkylation sites (tertiary alicyclic amines) is 1. The second-order valence-corrected chi connectivity index (χ2v) is 12.1. The number of ether oxygens (including phenoxy) is 1. The number of hydrogen-bond acceptors (Lipinski definition) is 6. The Morgan fingerprint density at radius 2 is 2.06 bits per heavy atom. The van der Waals surface area contributed by atoms with E-state index in [2.05, 4.69) is 6.58 Å². The molecule has 6 atom stereocenters. The fourth-order valence-electron chi connectivity index (χ4n) is 5.77. The smallest absolute Gasteiger partial charge is 0.311 e. The zero-order chi connectivity index (χ0) is 23.4. The van der Waals surface area contributed by atoms with Crippen LogP contribution in [0, 0.1) is 11.8 Å². The Bertz CT molecular complexity index is 780. The first kappa shape index (κ1) is 24.1. The molecular formula is C23H36N2O5S. The van der Waals surface area contributed by atoms with Crippen molar-refractivity contribution < 1.29 is 24.2 Å². The molecule has 3 rings (SSSR count). The molecule has 0 aromatic rings. The third-order valence-electron chi connectivity index (χ3n) is 7.12. The van der Waals surface area contributed by atoms with Gasteiger partial charge in [0.2, 0.25) is 11.8 Å². The average Bonchev–Trinajstić information content (AvgIpc) is 3.25. The number of amides is 2. The minimum absolute atomic E-state index is 0.148. The van der Waals surface area contributed by atoms with E-state index in [1.807, 2.05) is 27.7 Å². The Balaban J connectivity index is 2.14. The molecule has 31 heavy (non-hydrogen) atoms. The van der Waals surface area contributed by atoms with Crippen LogP contribution in [0.25, 0.3) is 0 Å². The Labute approximate surface area is 189 Å².